The second-order valence-electron chi connectivity index (χ2n) is 6.38. The summed E-state index contributed by atoms with van der Waals surface area (Å²) in [6.07, 6.45) is 3.19. The smallest absolute Gasteiger partial charge is 0.263 e. The standard InChI is InChI=1S/C21H19FN4O3/c22-16-2-1-3-17(14-16)25-20(27)15-4-6-18(7-5-15)29-21-19(23-8-9-24-21)26-10-12-28-13-11-26/h1-9,14H,10-13H2,(H,25,27). The molecule has 1 aliphatic heterocycles. The minimum atomic E-state index is -0.411. The molecule has 4 rings (SSSR count). The van der Waals surface area contributed by atoms with E-state index in [4.69, 9.17) is 9.47 Å². The number of hydrogen-bond donors (Lipinski definition) is 1. The number of carbonyl (C=O) groups excluding carboxylic acids is 1. The molecular formula is C21H19FN4O3. The van der Waals surface area contributed by atoms with Gasteiger partial charge in [0.2, 0.25) is 0 Å². The fraction of sp³-hybridized carbons (Fsp3) is 0.190. The van der Waals surface area contributed by atoms with Crippen LogP contribution in [0.2, 0.25) is 0 Å². The normalized spacial score (nSPS) is 13.8. The molecule has 3 aromatic rings. The fourth-order valence-corrected chi connectivity index (χ4v) is 2.94. The van der Waals surface area contributed by atoms with Crippen molar-refractivity contribution >= 4 is 17.4 Å². The predicted octanol–water partition coefficient (Wildman–Crippen LogP) is 3.50. The van der Waals surface area contributed by atoms with Crippen molar-refractivity contribution in [1.29, 1.82) is 0 Å². The van der Waals surface area contributed by atoms with Gasteiger partial charge in [0.25, 0.3) is 11.8 Å². The van der Waals surface area contributed by atoms with E-state index in [9.17, 15) is 9.18 Å². The van der Waals surface area contributed by atoms with E-state index in [1.54, 1.807) is 42.7 Å². The van der Waals surface area contributed by atoms with Crippen molar-refractivity contribution in [2.75, 3.05) is 36.5 Å². The zero-order valence-electron chi connectivity index (χ0n) is 15.5. The molecule has 29 heavy (non-hydrogen) atoms. The van der Waals surface area contributed by atoms with Crippen LogP contribution in [0.5, 0.6) is 11.6 Å². The number of aromatic nitrogens is 2. The molecule has 0 spiro atoms. The minimum Gasteiger partial charge on any atom is -0.436 e. The zero-order valence-corrected chi connectivity index (χ0v) is 15.5. The summed E-state index contributed by atoms with van der Waals surface area (Å²) in [6.45, 7) is 2.69. The van der Waals surface area contributed by atoms with E-state index in [0.29, 0.717) is 55.0 Å². The van der Waals surface area contributed by atoms with E-state index in [-0.39, 0.29) is 5.91 Å². The molecule has 0 atom stereocenters. The maximum atomic E-state index is 13.3. The SMILES string of the molecule is O=C(Nc1cccc(F)c1)c1ccc(Oc2nccnc2N2CCOCC2)cc1. The van der Waals surface area contributed by atoms with Crippen LogP contribution in [0.15, 0.2) is 60.9 Å². The third-order valence-electron chi connectivity index (χ3n) is 4.37. The first-order valence-electron chi connectivity index (χ1n) is 9.17. The molecule has 0 aliphatic carbocycles. The maximum Gasteiger partial charge on any atom is 0.263 e. The lowest BCUT2D eigenvalue weighted by Gasteiger charge is -2.28. The lowest BCUT2D eigenvalue weighted by molar-refractivity contribution is 0.102. The van der Waals surface area contributed by atoms with Crippen molar-refractivity contribution in [2.45, 2.75) is 0 Å². The monoisotopic (exact) mass is 394 g/mol. The fourth-order valence-electron chi connectivity index (χ4n) is 2.94. The Balaban J connectivity index is 1.45. The second kappa shape index (κ2) is 8.66. The molecular weight excluding hydrogens is 375 g/mol. The van der Waals surface area contributed by atoms with Crippen molar-refractivity contribution in [3.63, 3.8) is 0 Å². The molecule has 0 saturated carbocycles. The largest absolute Gasteiger partial charge is 0.436 e. The average Bonchev–Trinajstić information content (AvgIpc) is 2.75. The number of ether oxygens (including phenoxy) is 2. The number of carbonyl (C=O) groups is 1. The Morgan fingerprint density at radius 3 is 2.59 bits per heavy atom. The first-order valence-corrected chi connectivity index (χ1v) is 9.17. The van der Waals surface area contributed by atoms with Crippen molar-refractivity contribution < 1.29 is 18.7 Å². The molecule has 0 unspecified atom stereocenters. The number of nitrogens with zero attached hydrogens (tertiary/aromatic N) is 3. The van der Waals surface area contributed by atoms with Gasteiger partial charge in [0.05, 0.1) is 13.2 Å². The van der Waals surface area contributed by atoms with Crippen LogP contribution in [0.25, 0.3) is 0 Å². The van der Waals surface area contributed by atoms with Crippen LogP contribution in [0.4, 0.5) is 15.9 Å². The van der Waals surface area contributed by atoms with E-state index in [1.807, 2.05) is 0 Å². The molecule has 148 valence electrons. The van der Waals surface area contributed by atoms with Crippen molar-refractivity contribution in [2.24, 2.45) is 0 Å². The summed E-state index contributed by atoms with van der Waals surface area (Å²) in [7, 11) is 0. The molecule has 1 aromatic heterocycles. The summed E-state index contributed by atoms with van der Waals surface area (Å²) >= 11 is 0. The summed E-state index contributed by atoms with van der Waals surface area (Å²) in [5, 5.41) is 2.66. The highest BCUT2D eigenvalue weighted by Gasteiger charge is 2.18. The van der Waals surface area contributed by atoms with Gasteiger partial charge >= 0.3 is 0 Å². The van der Waals surface area contributed by atoms with Crippen LogP contribution < -0.4 is 15.0 Å². The molecule has 0 radical (unpaired) electrons. The highest BCUT2D eigenvalue weighted by molar-refractivity contribution is 6.04. The number of halogens is 1. The van der Waals surface area contributed by atoms with Crippen molar-refractivity contribution in [1.82, 2.24) is 9.97 Å². The second-order valence-corrected chi connectivity index (χ2v) is 6.38. The van der Waals surface area contributed by atoms with Gasteiger partial charge in [-0.1, -0.05) is 6.07 Å². The lowest BCUT2D eigenvalue weighted by atomic mass is 10.2. The molecule has 1 aliphatic rings. The molecule has 2 aromatic carbocycles. The van der Waals surface area contributed by atoms with Gasteiger partial charge in [0.1, 0.15) is 11.6 Å². The molecule has 8 heteroatoms. The quantitative estimate of drug-likeness (QED) is 0.714. The van der Waals surface area contributed by atoms with Gasteiger partial charge in [-0.25, -0.2) is 14.4 Å². The highest BCUT2D eigenvalue weighted by Crippen LogP contribution is 2.28. The average molecular weight is 394 g/mol. The van der Waals surface area contributed by atoms with Gasteiger partial charge in [-0.05, 0) is 42.5 Å². The molecule has 1 fully saturated rings. The Hall–Kier alpha value is -3.52. The summed E-state index contributed by atoms with van der Waals surface area (Å²) in [6, 6.07) is 12.4. The number of rotatable bonds is 5. The highest BCUT2D eigenvalue weighted by atomic mass is 19.1. The Morgan fingerprint density at radius 2 is 1.83 bits per heavy atom. The summed E-state index contributed by atoms with van der Waals surface area (Å²) in [5.41, 5.74) is 0.819. The van der Waals surface area contributed by atoms with Crippen LogP contribution in [-0.4, -0.2) is 42.2 Å². The number of amides is 1. The molecule has 0 bridgehead atoms. The van der Waals surface area contributed by atoms with Crippen LogP contribution in [0.3, 0.4) is 0 Å². The van der Waals surface area contributed by atoms with E-state index >= 15 is 0 Å². The van der Waals surface area contributed by atoms with Crippen LogP contribution in [-0.2, 0) is 4.74 Å². The van der Waals surface area contributed by atoms with Gasteiger partial charge in [-0.15, -0.1) is 0 Å². The Labute approximate surface area is 167 Å². The number of nitrogens with one attached hydrogen (secondary N) is 1. The van der Waals surface area contributed by atoms with E-state index in [2.05, 4.69) is 20.2 Å². The van der Waals surface area contributed by atoms with E-state index in [0.717, 1.165) is 0 Å². The van der Waals surface area contributed by atoms with Crippen molar-refractivity contribution in [3.05, 3.63) is 72.3 Å². The Morgan fingerprint density at radius 1 is 1.07 bits per heavy atom. The first kappa shape index (κ1) is 18.8. The maximum absolute atomic E-state index is 13.3. The molecule has 2 heterocycles. The molecule has 1 N–H and O–H groups in total. The van der Waals surface area contributed by atoms with Gasteiger partial charge < -0.3 is 19.7 Å². The zero-order chi connectivity index (χ0) is 20.1. The van der Waals surface area contributed by atoms with Gasteiger partial charge in [0.15, 0.2) is 5.82 Å². The first-order chi connectivity index (χ1) is 14.2. The number of morpholine rings is 1. The molecule has 1 amide bonds. The van der Waals surface area contributed by atoms with Crippen LogP contribution in [0.1, 0.15) is 10.4 Å². The van der Waals surface area contributed by atoms with Gasteiger partial charge in [-0.2, -0.15) is 0 Å². The molecule has 1 saturated heterocycles. The third-order valence-corrected chi connectivity index (χ3v) is 4.37. The number of hydrogen-bond acceptors (Lipinski definition) is 6. The van der Waals surface area contributed by atoms with Gasteiger partial charge in [0, 0.05) is 36.7 Å². The molecule has 7 nitrogen and oxygen atoms in total. The minimum absolute atomic E-state index is 0.337. The summed E-state index contributed by atoms with van der Waals surface area (Å²) < 4.78 is 24.5. The topological polar surface area (TPSA) is 76.6 Å². The van der Waals surface area contributed by atoms with Crippen LogP contribution >= 0.6 is 0 Å². The Kier molecular flexibility index (Phi) is 5.62. The Bertz CT molecular complexity index is 991. The predicted molar refractivity (Wildman–Crippen MR) is 106 cm³/mol. The van der Waals surface area contributed by atoms with Crippen LogP contribution in [0, 0.1) is 5.82 Å². The van der Waals surface area contributed by atoms with E-state index in [1.165, 1.54) is 18.2 Å². The van der Waals surface area contributed by atoms with Gasteiger partial charge in [-0.3, -0.25) is 4.79 Å². The third kappa shape index (κ3) is 4.67. The van der Waals surface area contributed by atoms with Crippen molar-refractivity contribution in [3.8, 4) is 11.6 Å². The lowest BCUT2D eigenvalue weighted by Crippen LogP contribution is -2.37. The van der Waals surface area contributed by atoms with E-state index < -0.39 is 5.82 Å². The number of anilines is 2. The summed E-state index contributed by atoms with van der Waals surface area (Å²) in [5.74, 6) is 0.833. The number of benzene rings is 2. The summed E-state index contributed by atoms with van der Waals surface area (Å²) in [4.78, 5) is 23.1.